The van der Waals surface area contributed by atoms with E-state index in [2.05, 4.69) is 48.8 Å². The Bertz CT molecular complexity index is 361. The highest BCUT2D eigenvalue weighted by Gasteiger charge is 2.41. The Balaban J connectivity index is 2.21. The van der Waals surface area contributed by atoms with Gasteiger partial charge >= 0.3 is 0 Å². The fourth-order valence-electron chi connectivity index (χ4n) is 3.34. The van der Waals surface area contributed by atoms with Gasteiger partial charge in [0.15, 0.2) is 0 Å². The Morgan fingerprint density at radius 2 is 1.94 bits per heavy atom. The van der Waals surface area contributed by atoms with Crippen LogP contribution in [0.1, 0.15) is 60.5 Å². The van der Waals surface area contributed by atoms with Crippen LogP contribution in [0.15, 0.2) is 12.1 Å². The van der Waals surface area contributed by atoms with E-state index in [0.717, 1.165) is 5.92 Å². The average molecular weight is 315 g/mol. The van der Waals surface area contributed by atoms with Gasteiger partial charge in [-0.3, -0.25) is 0 Å². The summed E-state index contributed by atoms with van der Waals surface area (Å²) in [5, 5.41) is 0. The van der Waals surface area contributed by atoms with E-state index in [1.165, 1.54) is 41.9 Å². The number of hydrogen-bond donors (Lipinski definition) is 0. The Hall–Kier alpha value is 0.180. The second-order valence-corrected chi connectivity index (χ2v) is 8.21. The van der Waals surface area contributed by atoms with E-state index in [1.807, 2.05) is 11.3 Å². The topological polar surface area (TPSA) is 0 Å². The predicted molar refractivity (Wildman–Crippen MR) is 81.1 cm³/mol. The molecule has 0 spiro atoms. The second kappa shape index (κ2) is 5.44. The molecule has 0 radical (unpaired) electrons. The summed E-state index contributed by atoms with van der Waals surface area (Å²) in [4.78, 5) is 3.53. The van der Waals surface area contributed by atoms with Gasteiger partial charge in [-0.25, -0.2) is 0 Å². The monoisotopic (exact) mass is 314 g/mol. The third-order valence-electron chi connectivity index (χ3n) is 3.96. The molecule has 0 aliphatic heterocycles. The van der Waals surface area contributed by atoms with E-state index >= 15 is 0 Å². The number of alkyl halides is 1. The summed E-state index contributed by atoms with van der Waals surface area (Å²) in [6.07, 6.45) is 6.99. The number of aryl methyl sites for hydroxylation is 1. The van der Waals surface area contributed by atoms with E-state index in [4.69, 9.17) is 0 Å². The van der Waals surface area contributed by atoms with Crippen LogP contribution in [0.3, 0.4) is 0 Å². The predicted octanol–water partition coefficient (Wildman–Crippen LogP) is 6.10. The Kier molecular flexibility index (Phi) is 4.35. The highest BCUT2D eigenvalue weighted by molar-refractivity contribution is 9.09. The first kappa shape index (κ1) is 13.6. The Labute approximate surface area is 118 Å². The zero-order valence-corrected chi connectivity index (χ0v) is 13.5. The van der Waals surface area contributed by atoms with Gasteiger partial charge in [0.25, 0.3) is 0 Å². The van der Waals surface area contributed by atoms with Crippen molar-refractivity contribution in [3.8, 4) is 0 Å². The first-order valence-electron chi connectivity index (χ1n) is 6.74. The quantitative estimate of drug-likeness (QED) is 0.589. The van der Waals surface area contributed by atoms with Crippen molar-refractivity contribution in [3.63, 3.8) is 0 Å². The molecule has 1 aromatic heterocycles. The zero-order chi connectivity index (χ0) is 12.5. The standard InChI is InChI=1S/C15H23BrS/c1-11(2)10-15(8-4-5-9-15)14(16)13-7-6-12(3)17-13/h6-7,11,14H,4-5,8-10H2,1-3H3. The first-order chi connectivity index (χ1) is 8.03. The normalized spacial score (nSPS) is 21.0. The lowest BCUT2D eigenvalue weighted by Gasteiger charge is -2.35. The molecule has 17 heavy (non-hydrogen) atoms. The minimum atomic E-state index is 0.519. The molecule has 0 bridgehead atoms. The number of thiophene rings is 1. The van der Waals surface area contributed by atoms with Gasteiger partial charge in [0, 0.05) is 9.75 Å². The van der Waals surface area contributed by atoms with Crippen LogP contribution in [0.25, 0.3) is 0 Å². The fourth-order valence-corrected chi connectivity index (χ4v) is 5.42. The van der Waals surface area contributed by atoms with E-state index < -0.39 is 0 Å². The van der Waals surface area contributed by atoms with Crippen molar-refractivity contribution in [2.24, 2.45) is 11.3 Å². The summed E-state index contributed by atoms with van der Waals surface area (Å²) >= 11 is 5.98. The third kappa shape index (κ3) is 2.96. The number of rotatable bonds is 4. The van der Waals surface area contributed by atoms with Crippen molar-refractivity contribution < 1.29 is 0 Å². The van der Waals surface area contributed by atoms with Gasteiger partial charge < -0.3 is 0 Å². The molecule has 1 fully saturated rings. The van der Waals surface area contributed by atoms with Crippen LogP contribution >= 0.6 is 27.3 Å². The Morgan fingerprint density at radius 3 is 2.41 bits per heavy atom. The molecule has 1 aliphatic rings. The minimum Gasteiger partial charge on any atom is -0.145 e. The molecule has 1 atom stereocenters. The van der Waals surface area contributed by atoms with Gasteiger partial charge in [-0.05, 0) is 49.7 Å². The van der Waals surface area contributed by atoms with Crippen molar-refractivity contribution in [3.05, 3.63) is 21.9 Å². The van der Waals surface area contributed by atoms with Crippen LogP contribution < -0.4 is 0 Å². The molecule has 0 nitrogen and oxygen atoms in total. The van der Waals surface area contributed by atoms with E-state index in [9.17, 15) is 0 Å². The molecule has 96 valence electrons. The summed E-state index contributed by atoms with van der Waals surface area (Å²) in [5.41, 5.74) is 0.519. The molecular formula is C15H23BrS. The molecule has 0 saturated heterocycles. The zero-order valence-electron chi connectivity index (χ0n) is 11.1. The molecular weight excluding hydrogens is 292 g/mol. The van der Waals surface area contributed by atoms with Crippen molar-refractivity contribution in [1.29, 1.82) is 0 Å². The molecule has 1 aliphatic carbocycles. The maximum absolute atomic E-state index is 4.02. The van der Waals surface area contributed by atoms with Crippen LogP contribution in [0, 0.1) is 18.3 Å². The highest BCUT2D eigenvalue weighted by Crippen LogP contribution is 2.56. The van der Waals surface area contributed by atoms with Crippen LogP contribution in [0.2, 0.25) is 0 Å². The molecule has 1 heterocycles. The Morgan fingerprint density at radius 1 is 1.29 bits per heavy atom. The molecule has 0 amide bonds. The molecule has 0 aromatic carbocycles. The number of hydrogen-bond acceptors (Lipinski definition) is 1. The van der Waals surface area contributed by atoms with E-state index in [-0.39, 0.29) is 0 Å². The third-order valence-corrected chi connectivity index (χ3v) is 6.80. The van der Waals surface area contributed by atoms with Crippen LogP contribution in [-0.4, -0.2) is 0 Å². The maximum atomic E-state index is 4.02. The summed E-state index contributed by atoms with van der Waals surface area (Å²) in [5.74, 6) is 0.800. The van der Waals surface area contributed by atoms with Crippen molar-refractivity contribution >= 4 is 27.3 Å². The second-order valence-electron chi connectivity index (χ2n) is 5.98. The fraction of sp³-hybridized carbons (Fsp3) is 0.733. The van der Waals surface area contributed by atoms with Gasteiger partial charge in [0.05, 0.1) is 4.83 Å². The first-order valence-corrected chi connectivity index (χ1v) is 8.47. The van der Waals surface area contributed by atoms with Gasteiger partial charge in [0.2, 0.25) is 0 Å². The molecule has 1 aromatic rings. The molecule has 1 unspecified atom stereocenters. The summed E-state index contributed by atoms with van der Waals surface area (Å²) < 4.78 is 0. The van der Waals surface area contributed by atoms with Crippen molar-refractivity contribution in [1.82, 2.24) is 0 Å². The summed E-state index contributed by atoms with van der Waals surface area (Å²) in [6.45, 7) is 6.93. The lowest BCUT2D eigenvalue weighted by Crippen LogP contribution is -2.23. The summed E-state index contributed by atoms with van der Waals surface area (Å²) in [7, 11) is 0. The lowest BCUT2D eigenvalue weighted by molar-refractivity contribution is 0.232. The van der Waals surface area contributed by atoms with Crippen molar-refractivity contribution in [2.75, 3.05) is 0 Å². The molecule has 0 N–H and O–H groups in total. The van der Waals surface area contributed by atoms with Gasteiger partial charge in [-0.2, -0.15) is 0 Å². The average Bonchev–Trinajstić information content (AvgIpc) is 2.86. The number of halogens is 1. The molecule has 2 heteroatoms. The van der Waals surface area contributed by atoms with Crippen LogP contribution in [-0.2, 0) is 0 Å². The maximum Gasteiger partial charge on any atom is 0.0545 e. The van der Waals surface area contributed by atoms with Crippen LogP contribution in [0.4, 0.5) is 0 Å². The SMILES string of the molecule is Cc1ccc(C(Br)C2(CC(C)C)CCCC2)s1. The van der Waals surface area contributed by atoms with Gasteiger partial charge in [0.1, 0.15) is 0 Å². The molecule has 2 rings (SSSR count). The van der Waals surface area contributed by atoms with E-state index in [1.54, 1.807) is 0 Å². The highest BCUT2D eigenvalue weighted by atomic mass is 79.9. The summed E-state index contributed by atoms with van der Waals surface area (Å²) in [6, 6.07) is 4.58. The molecule has 1 saturated carbocycles. The largest absolute Gasteiger partial charge is 0.145 e. The lowest BCUT2D eigenvalue weighted by atomic mass is 9.75. The van der Waals surface area contributed by atoms with Gasteiger partial charge in [-0.15, -0.1) is 11.3 Å². The minimum absolute atomic E-state index is 0.519. The van der Waals surface area contributed by atoms with E-state index in [0.29, 0.717) is 10.2 Å². The van der Waals surface area contributed by atoms with Crippen molar-refractivity contribution in [2.45, 2.75) is 57.7 Å². The smallest absolute Gasteiger partial charge is 0.0545 e. The van der Waals surface area contributed by atoms with Gasteiger partial charge in [-0.1, -0.05) is 42.6 Å². The van der Waals surface area contributed by atoms with Crippen LogP contribution in [0.5, 0.6) is 0 Å².